The van der Waals surface area contributed by atoms with E-state index in [2.05, 4.69) is 24.1 Å². The lowest BCUT2D eigenvalue weighted by Gasteiger charge is -2.21. The molecule has 5 nitrogen and oxygen atoms in total. The molecule has 0 aliphatic carbocycles. The number of rotatable bonds is 7. The van der Waals surface area contributed by atoms with Crippen molar-refractivity contribution >= 4 is 28.8 Å². The lowest BCUT2D eigenvalue weighted by molar-refractivity contribution is -0.136. The largest absolute Gasteiger partial charge is 0.372 e. The minimum absolute atomic E-state index is 0.217. The normalized spacial score (nSPS) is 14.1. The van der Waals surface area contributed by atoms with Crippen molar-refractivity contribution in [2.45, 2.75) is 20.8 Å². The van der Waals surface area contributed by atoms with Crippen molar-refractivity contribution in [2.75, 3.05) is 29.9 Å². The van der Waals surface area contributed by atoms with Gasteiger partial charge in [-0.1, -0.05) is 12.1 Å². The summed E-state index contributed by atoms with van der Waals surface area (Å²) in [5.74, 6) is -1.14. The molecule has 2 aromatic rings. The van der Waals surface area contributed by atoms with Crippen LogP contribution in [0.3, 0.4) is 0 Å². The van der Waals surface area contributed by atoms with Crippen LogP contribution in [0.2, 0.25) is 0 Å². The molecule has 146 valence electrons. The Bertz CT molecular complexity index is 900. The fourth-order valence-corrected chi connectivity index (χ4v) is 3.35. The SMILES string of the molecule is CCN1C(=O)C(Nc2ccc(N(CC)CC)cc2)=C(c2ccc(F)cc2)C1=O. The van der Waals surface area contributed by atoms with Gasteiger partial charge in [-0.3, -0.25) is 14.5 Å². The fourth-order valence-electron chi connectivity index (χ4n) is 3.35. The number of hydrogen-bond acceptors (Lipinski definition) is 4. The van der Waals surface area contributed by atoms with Gasteiger partial charge in [0.15, 0.2) is 0 Å². The molecule has 0 fully saturated rings. The topological polar surface area (TPSA) is 52.7 Å². The van der Waals surface area contributed by atoms with Gasteiger partial charge in [0.05, 0.1) is 5.57 Å². The number of hydrogen-bond donors (Lipinski definition) is 1. The number of amides is 2. The molecule has 0 bridgehead atoms. The van der Waals surface area contributed by atoms with Crippen molar-refractivity contribution in [3.63, 3.8) is 0 Å². The summed E-state index contributed by atoms with van der Waals surface area (Å²) in [4.78, 5) is 28.9. The Morgan fingerprint density at radius 2 is 1.50 bits per heavy atom. The Morgan fingerprint density at radius 1 is 0.893 bits per heavy atom. The van der Waals surface area contributed by atoms with Gasteiger partial charge in [0.1, 0.15) is 11.5 Å². The van der Waals surface area contributed by atoms with Crippen molar-refractivity contribution < 1.29 is 14.0 Å². The second kappa shape index (κ2) is 8.25. The Balaban J connectivity index is 1.97. The lowest BCUT2D eigenvalue weighted by Crippen LogP contribution is -2.32. The third-order valence-electron chi connectivity index (χ3n) is 4.88. The molecule has 1 aliphatic heterocycles. The summed E-state index contributed by atoms with van der Waals surface area (Å²) >= 11 is 0. The van der Waals surface area contributed by atoms with E-state index in [-0.39, 0.29) is 29.6 Å². The second-order valence-corrected chi connectivity index (χ2v) is 6.46. The minimum atomic E-state index is -0.394. The van der Waals surface area contributed by atoms with Crippen molar-refractivity contribution in [2.24, 2.45) is 0 Å². The van der Waals surface area contributed by atoms with Crippen LogP contribution in [-0.2, 0) is 9.59 Å². The molecule has 3 rings (SSSR count). The van der Waals surface area contributed by atoms with E-state index in [0.29, 0.717) is 11.3 Å². The molecule has 0 saturated heterocycles. The quantitative estimate of drug-likeness (QED) is 0.740. The summed E-state index contributed by atoms with van der Waals surface area (Å²) < 4.78 is 13.3. The zero-order valence-corrected chi connectivity index (χ0v) is 16.3. The van der Waals surface area contributed by atoms with Crippen molar-refractivity contribution in [3.05, 3.63) is 65.6 Å². The van der Waals surface area contributed by atoms with E-state index in [1.54, 1.807) is 6.92 Å². The van der Waals surface area contributed by atoms with Crippen LogP contribution in [0, 0.1) is 5.82 Å². The van der Waals surface area contributed by atoms with E-state index >= 15 is 0 Å². The third kappa shape index (κ3) is 3.63. The maximum absolute atomic E-state index is 13.3. The first-order chi connectivity index (χ1) is 13.5. The molecule has 1 N–H and O–H groups in total. The average molecular weight is 381 g/mol. The van der Waals surface area contributed by atoms with Gasteiger partial charge < -0.3 is 10.2 Å². The van der Waals surface area contributed by atoms with Crippen LogP contribution < -0.4 is 10.2 Å². The molecule has 2 amide bonds. The van der Waals surface area contributed by atoms with Crippen LogP contribution >= 0.6 is 0 Å². The van der Waals surface area contributed by atoms with Gasteiger partial charge in [-0.2, -0.15) is 0 Å². The van der Waals surface area contributed by atoms with Gasteiger partial charge in [-0.05, 0) is 62.7 Å². The number of benzene rings is 2. The molecule has 0 spiro atoms. The van der Waals surface area contributed by atoms with E-state index in [9.17, 15) is 14.0 Å². The Kier molecular flexibility index (Phi) is 5.78. The van der Waals surface area contributed by atoms with Crippen LogP contribution in [0.25, 0.3) is 5.57 Å². The summed E-state index contributed by atoms with van der Waals surface area (Å²) in [5.41, 5.74) is 2.79. The fraction of sp³-hybridized carbons (Fsp3) is 0.273. The zero-order valence-electron chi connectivity index (χ0n) is 16.3. The summed E-state index contributed by atoms with van der Waals surface area (Å²) in [6.45, 7) is 8.02. The first kappa shape index (κ1) is 19.6. The van der Waals surface area contributed by atoms with E-state index < -0.39 is 5.82 Å². The molecule has 2 aromatic carbocycles. The van der Waals surface area contributed by atoms with Gasteiger partial charge >= 0.3 is 0 Å². The van der Waals surface area contributed by atoms with Crippen molar-refractivity contribution in [1.82, 2.24) is 4.90 Å². The first-order valence-corrected chi connectivity index (χ1v) is 9.48. The standard InChI is InChI=1S/C22H24FN3O2/c1-4-25(5-2)18-13-11-17(12-14-18)24-20-19(15-7-9-16(23)10-8-15)21(27)26(6-3)22(20)28/h7-14,24H,4-6H2,1-3H3. The number of nitrogens with one attached hydrogen (secondary N) is 1. The Hall–Kier alpha value is -3.15. The van der Waals surface area contributed by atoms with Crippen molar-refractivity contribution in [1.29, 1.82) is 0 Å². The van der Waals surface area contributed by atoms with E-state index in [1.807, 2.05) is 24.3 Å². The minimum Gasteiger partial charge on any atom is -0.372 e. The van der Waals surface area contributed by atoms with E-state index in [4.69, 9.17) is 0 Å². The van der Waals surface area contributed by atoms with Crippen LogP contribution in [0.1, 0.15) is 26.3 Å². The molecule has 1 heterocycles. The number of anilines is 2. The monoisotopic (exact) mass is 381 g/mol. The predicted octanol–water partition coefficient (Wildman–Crippen LogP) is 3.88. The number of halogens is 1. The van der Waals surface area contributed by atoms with Crippen LogP contribution in [0.5, 0.6) is 0 Å². The molecule has 0 radical (unpaired) electrons. The Morgan fingerprint density at radius 3 is 2.04 bits per heavy atom. The highest BCUT2D eigenvalue weighted by molar-refractivity contribution is 6.36. The van der Waals surface area contributed by atoms with Crippen LogP contribution in [-0.4, -0.2) is 36.3 Å². The van der Waals surface area contributed by atoms with E-state index in [0.717, 1.165) is 18.8 Å². The summed E-state index contributed by atoms with van der Waals surface area (Å²) in [5, 5.41) is 3.11. The molecule has 1 aliphatic rings. The summed E-state index contributed by atoms with van der Waals surface area (Å²) in [6.07, 6.45) is 0. The summed E-state index contributed by atoms with van der Waals surface area (Å²) in [7, 11) is 0. The number of carbonyl (C=O) groups is 2. The highest BCUT2D eigenvalue weighted by Gasteiger charge is 2.38. The van der Waals surface area contributed by atoms with Gasteiger partial charge in [0, 0.05) is 31.0 Å². The molecule has 0 atom stereocenters. The van der Waals surface area contributed by atoms with Crippen LogP contribution in [0.4, 0.5) is 15.8 Å². The van der Waals surface area contributed by atoms with Gasteiger partial charge in [0.25, 0.3) is 11.8 Å². The van der Waals surface area contributed by atoms with Gasteiger partial charge in [0.2, 0.25) is 0 Å². The highest BCUT2D eigenvalue weighted by atomic mass is 19.1. The van der Waals surface area contributed by atoms with E-state index in [1.165, 1.54) is 29.2 Å². The molecule has 0 unspecified atom stereocenters. The highest BCUT2D eigenvalue weighted by Crippen LogP contribution is 2.31. The number of carbonyl (C=O) groups excluding carboxylic acids is 2. The maximum Gasteiger partial charge on any atom is 0.278 e. The molecule has 0 saturated carbocycles. The van der Waals surface area contributed by atoms with Gasteiger partial charge in [-0.15, -0.1) is 0 Å². The Labute approximate surface area is 164 Å². The smallest absolute Gasteiger partial charge is 0.278 e. The van der Waals surface area contributed by atoms with Crippen molar-refractivity contribution in [3.8, 4) is 0 Å². The molecular formula is C22H24FN3O2. The molecule has 0 aromatic heterocycles. The maximum atomic E-state index is 13.3. The van der Waals surface area contributed by atoms with Crippen LogP contribution in [0.15, 0.2) is 54.2 Å². The number of likely N-dealkylation sites (N-methyl/N-ethyl adjacent to an activating group) is 1. The van der Waals surface area contributed by atoms with Gasteiger partial charge in [-0.25, -0.2) is 4.39 Å². The second-order valence-electron chi connectivity index (χ2n) is 6.46. The molecule has 6 heteroatoms. The third-order valence-corrected chi connectivity index (χ3v) is 4.88. The zero-order chi connectivity index (χ0) is 20.3. The summed E-state index contributed by atoms with van der Waals surface area (Å²) in [6, 6.07) is 13.3. The lowest BCUT2D eigenvalue weighted by atomic mass is 10.0. The average Bonchev–Trinajstić information content (AvgIpc) is 2.94. The number of imide groups is 1. The number of nitrogens with zero attached hydrogens (tertiary/aromatic N) is 2. The molecule has 28 heavy (non-hydrogen) atoms. The molecular weight excluding hydrogens is 357 g/mol. The predicted molar refractivity (Wildman–Crippen MR) is 109 cm³/mol. The first-order valence-electron chi connectivity index (χ1n) is 9.48.